The number of pyridine rings is 10. The number of fused-ring (bicyclic) bond motifs is 24. The third kappa shape index (κ3) is 16.5. The normalized spacial score (nSPS) is 12.0. The summed E-state index contributed by atoms with van der Waals surface area (Å²) in [5.41, 5.74) is 43.6. The van der Waals surface area contributed by atoms with Crippen molar-refractivity contribution in [2.45, 2.75) is 0 Å². The van der Waals surface area contributed by atoms with Gasteiger partial charge >= 0.3 is 0 Å². The molecule has 0 spiro atoms. The number of nitrogens with zero attached hydrogens (tertiary/aromatic N) is 16. The molecule has 0 radical (unpaired) electrons. The van der Waals surface area contributed by atoms with Crippen LogP contribution in [0.15, 0.2) is 378 Å². The molecule has 2 aromatic carbocycles. The summed E-state index contributed by atoms with van der Waals surface area (Å²) >= 11 is 0. The van der Waals surface area contributed by atoms with E-state index in [2.05, 4.69) is 254 Å². The number of rotatable bonds is 12. The topological polar surface area (TPSA) is 301 Å². The molecule has 0 atom stereocenters. The number of nitrogens with one attached hydrogen (secondary N) is 6. The second kappa shape index (κ2) is 37.7. The lowest BCUT2D eigenvalue weighted by molar-refractivity contribution is 1.26. The number of aromatic amines is 6. The zero-order valence-electron chi connectivity index (χ0n) is 76.9. The van der Waals surface area contributed by atoms with E-state index in [-0.39, 0.29) is 0 Å². The first kappa shape index (κ1) is 85.4. The van der Waals surface area contributed by atoms with Crippen LogP contribution in [0.4, 0.5) is 0 Å². The van der Waals surface area contributed by atoms with Gasteiger partial charge in [-0.05, 0) is 265 Å². The van der Waals surface area contributed by atoms with Crippen LogP contribution in [0.1, 0.15) is 68.3 Å². The largest absolute Gasteiger partial charge is 0.354 e. The van der Waals surface area contributed by atoms with Gasteiger partial charge in [-0.15, -0.1) is 0 Å². The van der Waals surface area contributed by atoms with Crippen LogP contribution in [0.3, 0.4) is 0 Å². The van der Waals surface area contributed by atoms with Gasteiger partial charge in [-0.25, -0.2) is 29.9 Å². The molecule has 0 fully saturated rings. The molecule has 0 unspecified atom stereocenters. The van der Waals surface area contributed by atoms with Crippen LogP contribution in [0.25, 0.3) is 273 Å². The molecule has 0 saturated heterocycles. The molecule has 144 heavy (non-hydrogen) atoms. The highest BCUT2D eigenvalue weighted by molar-refractivity contribution is 6.05. The average Bonchev–Trinajstić information content (AvgIpc) is 1.62. The van der Waals surface area contributed by atoms with Crippen LogP contribution in [-0.4, -0.2) is 110 Å². The van der Waals surface area contributed by atoms with Crippen molar-refractivity contribution < 1.29 is 0 Å². The van der Waals surface area contributed by atoms with E-state index in [1.165, 1.54) is 0 Å². The van der Waals surface area contributed by atoms with Gasteiger partial charge in [0.25, 0.3) is 0 Å². The molecule has 21 aromatic rings. The Hall–Kier alpha value is -20.3. The van der Waals surface area contributed by atoms with E-state index in [4.69, 9.17) is 49.8 Å². The van der Waals surface area contributed by atoms with Crippen molar-refractivity contribution in [2.75, 3.05) is 0 Å². The second-order valence-corrected chi connectivity index (χ2v) is 34.5. The van der Waals surface area contributed by atoms with Gasteiger partial charge in [0, 0.05) is 232 Å². The lowest BCUT2D eigenvalue weighted by Crippen LogP contribution is -1.92. The predicted molar refractivity (Wildman–Crippen MR) is 580 cm³/mol. The van der Waals surface area contributed by atoms with Gasteiger partial charge in [0.15, 0.2) is 0 Å². The van der Waals surface area contributed by atoms with Gasteiger partial charge in [-0.3, -0.25) is 49.8 Å². The Morgan fingerprint density at radius 2 is 0.299 bits per heavy atom. The number of hydrogen-bond donors (Lipinski definition) is 6. The zero-order valence-corrected chi connectivity index (χ0v) is 76.9. The van der Waals surface area contributed by atoms with Crippen LogP contribution >= 0.6 is 0 Å². The van der Waals surface area contributed by atoms with Gasteiger partial charge in [-0.1, -0.05) is 109 Å². The Kier molecular flexibility index (Phi) is 22.3. The van der Waals surface area contributed by atoms with E-state index in [1.807, 2.05) is 207 Å². The third-order valence-corrected chi connectivity index (χ3v) is 25.8. The smallest absolute Gasteiger partial charge is 0.0753 e. The molecule has 22 heteroatoms. The Morgan fingerprint density at radius 1 is 0.125 bits per heavy atom. The minimum atomic E-state index is 0.790. The second-order valence-electron chi connectivity index (χ2n) is 34.5. The van der Waals surface area contributed by atoms with Crippen LogP contribution in [0.2, 0.25) is 0 Å². The summed E-state index contributed by atoms with van der Waals surface area (Å²) in [6, 6.07) is 93.9. The van der Waals surface area contributed by atoms with E-state index in [0.29, 0.717) is 0 Å². The van der Waals surface area contributed by atoms with Crippen molar-refractivity contribution in [1.82, 2.24) is 110 Å². The summed E-state index contributed by atoms with van der Waals surface area (Å²) in [4.78, 5) is 99.5. The van der Waals surface area contributed by atoms with E-state index < -0.39 is 0 Å². The fourth-order valence-electron chi connectivity index (χ4n) is 19.5. The van der Waals surface area contributed by atoms with Crippen LogP contribution in [0.5, 0.6) is 0 Å². The quantitative estimate of drug-likeness (QED) is 0.0662. The van der Waals surface area contributed by atoms with Crippen LogP contribution in [-0.2, 0) is 0 Å². The fraction of sp³-hybridized carbons (Fsp3) is 0. The molecule has 0 aliphatic carbocycles. The summed E-state index contributed by atoms with van der Waals surface area (Å²) in [7, 11) is 0. The summed E-state index contributed by atoms with van der Waals surface area (Å²) in [6.07, 6.45) is 54.0. The van der Waals surface area contributed by atoms with Gasteiger partial charge < -0.3 is 29.9 Å². The van der Waals surface area contributed by atoms with Crippen molar-refractivity contribution in [3.8, 4) is 134 Å². The van der Waals surface area contributed by atoms with Crippen molar-refractivity contribution in [3.63, 3.8) is 0 Å². The SMILES string of the molecule is C1=Cc2nc1c(-c1ccccc1)c1ccc([nH]1)c(-c1ccncc1)c1nc(c(-c3ccccc3)c3ccc([nH]3)c2-c2ccncc2)C=C1.C1=Cc2nc1c(-c1ccccn1)c1ccc([nH]1)c(-c1ccccn1)c1nc(c(-c3ccccn3)c3ccc([nH]3)c2-c2ccccn2)C=C1.C1=Cc2nc1c(-c1cccnc1)c1ccc([nH]1)c(-c1cccnc1)c1nc(c(-c3cccnc3)c3ccc([nH]3)c2-c2cccnc2)C=C1. The molecule has 6 N–H and O–H groups in total. The standard InChI is InChI=1S/C42H28N6.2C40H26N8/c1-3-7-27(8-4-1)39-31-11-15-35(45-31)41(29-19-23-43-24-20-29)37-17-13-33(47-37)40(28-9-5-2-6-10-28)34-14-18-38(48-34)42(30-21-25-44-26-22-30)36-16-12-32(39)46-36;1-5-25(21-41-17-1)37-29-9-11-31(45-29)38(26-6-2-18-42-22-26)33-13-15-35(47-33)40(28-8-4-20-44-24-28)36-16-14-34(48-36)39(27-7-3-19-43-23-27)32-12-10-30(37)46-32;1-5-21-41-25(9-1)37-29-13-15-31(45-29)38(26-10-2-6-22-42-26)33-17-19-35(47-33)40(28-12-4-8-24-44-28)36-20-18-34(48-36)39(27-11-3-7-23-43-27)32-16-14-30(37)46-32/h1-26,45,48H;2*1-24,45,48H. The average molecular weight is 1850 g/mol. The molecule has 0 amide bonds. The maximum atomic E-state index is 5.32. The molecule has 25 heterocycles. The molecular weight excluding hydrogens is 1770 g/mol. The van der Waals surface area contributed by atoms with Gasteiger partial charge in [-0.2, -0.15) is 0 Å². The fourth-order valence-corrected chi connectivity index (χ4v) is 19.5. The molecule has 24 bridgehead atoms. The van der Waals surface area contributed by atoms with Crippen molar-refractivity contribution in [3.05, 3.63) is 447 Å². The monoisotopic (exact) mass is 1850 g/mol. The number of benzene rings is 2. The Balaban J connectivity index is 0.000000113. The molecule has 6 aliphatic heterocycles. The maximum Gasteiger partial charge on any atom is 0.0753 e. The first-order chi connectivity index (χ1) is 71.4. The first-order valence-corrected chi connectivity index (χ1v) is 47.1. The van der Waals surface area contributed by atoms with Crippen molar-refractivity contribution >= 4 is 139 Å². The Morgan fingerprint density at radius 3 is 0.486 bits per heavy atom. The number of aromatic nitrogens is 22. The first-order valence-electron chi connectivity index (χ1n) is 47.1. The zero-order chi connectivity index (χ0) is 95.6. The highest BCUT2D eigenvalue weighted by Gasteiger charge is 2.26. The molecule has 0 saturated carbocycles. The van der Waals surface area contributed by atoms with E-state index in [9.17, 15) is 0 Å². The lowest BCUT2D eigenvalue weighted by Gasteiger charge is -2.06. The van der Waals surface area contributed by atoms with Crippen molar-refractivity contribution in [1.29, 1.82) is 0 Å². The molecule has 19 aromatic heterocycles. The summed E-state index contributed by atoms with van der Waals surface area (Å²) in [5, 5.41) is 0. The highest BCUT2D eigenvalue weighted by Crippen LogP contribution is 2.45. The maximum absolute atomic E-state index is 5.32. The molecule has 27 rings (SSSR count). The molecule has 6 aliphatic rings. The Labute approximate surface area is 824 Å². The molecule has 22 nitrogen and oxygen atoms in total. The molecule has 678 valence electrons. The van der Waals surface area contributed by atoms with Gasteiger partial charge in [0.05, 0.1) is 113 Å². The van der Waals surface area contributed by atoms with Crippen molar-refractivity contribution in [2.24, 2.45) is 0 Å². The lowest BCUT2D eigenvalue weighted by atomic mass is 10.0. The third-order valence-electron chi connectivity index (χ3n) is 25.8. The summed E-state index contributed by atoms with van der Waals surface area (Å²) in [5.74, 6) is 0. The predicted octanol–water partition coefficient (Wildman–Crippen LogP) is 27.9. The highest BCUT2D eigenvalue weighted by atomic mass is 14.9. The Bertz CT molecular complexity index is 7410. The minimum absolute atomic E-state index is 0.790. The summed E-state index contributed by atoms with van der Waals surface area (Å²) < 4.78 is 0. The van der Waals surface area contributed by atoms with E-state index in [1.54, 1.807) is 49.6 Å². The minimum Gasteiger partial charge on any atom is -0.354 e. The number of hydrogen-bond acceptors (Lipinski definition) is 16. The molecular formula is C122H80N22. The number of H-pyrrole nitrogens is 6. The van der Waals surface area contributed by atoms with Gasteiger partial charge in [0.2, 0.25) is 0 Å². The van der Waals surface area contributed by atoms with E-state index in [0.717, 1.165) is 269 Å². The van der Waals surface area contributed by atoms with Crippen LogP contribution < -0.4 is 0 Å². The summed E-state index contributed by atoms with van der Waals surface area (Å²) in [6.45, 7) is 0. The van der Waals surface area contributed by atoms with Gasteiger partial charge in [0.1, 0.15) is 0 Å². The van der Waals surface area contributed by atoms with E-state index >= 15 is 0 Å². The van der Waals surface area contributed by atoms with Crippen LogP contribution in [0, 0.1) is 0 Å².